The molecular formula is C34H30ClN9O5S. The van der Waals surface area contributed by atoms with Crippen molar-refractivity contribution in [2.75, 3.05) is 22.2 Å². The second kappa shape index (κ2) is 15.9. The van der Waals surface area contributed by atoms with Crippen molar-refractivity contribution in [2.45, 2.75) is 18.2 Å². The Morgan fingerprint density at radius 2 is 1.72 bits per heavy atom. The molecule has 4 aromatic carbocycles. The van der Waals surface area contributed by atoms with Gasteiger partial charge in [-0.2, -0.15) is 28.5 Å². The van der Waals surface area contributed by atoms with E-state index in [0.29, 0.717) is 30.4 Å². The predicted molar refractivity (Wildman–Crippen MR) is 192 cm³/mol. The third-order valence-electron chi connectivity index (χ3n) is 7.01. The van der Waals surface area contributed by atoms with Gasteiger partial charge in [0.15, 0.2) is 12.0 Å². The normalized spacial score (nSPS) is 11.7. The zero-order chi connectivity index (χ0) is 35.7. The first kappa shape index (κ1) is 35.3. The van der Waals surface area contributed by atoms with Gasteiger partial charge in [-0.3, -0.25) is 14.8 Å². The number of hydrogen-bond acceptors (Lipinski definition) is 12. The highest BCUT2D eigenvalue weighted by atomic mass is 35.5. The second-order valence-corrected chi connectivity index (χ2v) is 12.2. The molecule has 5 rings (SSSR count). The molecule has 0 aliphatic heterocycles. The first-order valence-electron chi connectivity index (χ1n) is 14.9. The van der Waals surface area contributed by atoms with Crippen LogP contribution in [-0.2, 0) is 16.5 Å². The van der Waals surface area contributed by atoms with Crippen LogP contribution in [0.1, 0.15) is 28.4 Å². The van der Waals surface area contributed by atoms with Gasteiger partial charge in [-0.1, -0.05) is 60.7 Å². The lowest BCUT2D eigenvalue weighted by atomic mass is 10.1. The van der Waals surface area contributed by atoms with E-state index in [1.54, 1.807) is 65.6 Å². The number of allylic oxidation sites excluding steroid dienone is 1. The summed E-state index contributed by atoms with van der Waals surface area (Å²) in [6.07, 6.45) is 3.09. The minimum atomic E-state index is -4.79. The van der Waals surface area contributed by atoms with Crippen LogP contribution in [0, 0.1) is 0 Å². The van der Waals surface area contributed by atoms with Gasteiger partial charge in [0.2, 0.25) is 23.0 Å². The fraction of sp³-hybridized carbons (Fsp3) is 0.0882. The Morgan fingerprint density at radius 3 is 2.44 bits per heavy atom. The molecule has 0 saturated heterocycles. The van der Waals surface area contributed by atoms with Crippen LogP contribution < -0.4 is 15.6 Å². The van der Waals surface area contributed by atoms with E-state index in [0.717, 1.165) is 23.4 Å². The van der Waals surface area contributed by atoms with E-state index in [-0.39, 0.29) is 40.1 Å². The van der Waals surface area contributed by atoms with E-state index >= 15 is 0 Å². The zero-order valence-electron chi connectivity index (χ0n) is 26.5. The molecule has 50 heavy (non-hydrogen) atoms. The first-order chi connectivity index (χ1) is 24.1. The number of halogens is 1. The molecule has 0 saturated carbocycles. The van der Waals surface area contributed by atoms with Gasteiger partial charge in [0.1, 0.15) is 5.69 Å². The molecule has 5 aromatic rings. The summed E-state index contributed by atoms with van der Waals surface area (Å²) in [5, 5.41) is 26.5. The average molecular weight is 712 g/mol. The number of phenols is 1. The molecule has 16 heteroatoms. The zero-order valence-corrected chi connectivity index (χ0v) is 28.0. The Bertz CT molecular complexity index is 2200. The number of anilines is 5. The molecule has 1 heterocycles. The van der Waals surface area contributed by atoms with Gasteiger partial charge in [-0.15, -0.1) is 16.8 Å². The van der Waals surface area contributed by atoms with Gasteiger partial charge >= 0.3 is 0 Å². The average Bonchev–Trinajstić information content (AvgIpc) is 3.10. The summed E-state index contributed by atoms with van der Waals surface area (Å²) in [6.45, 7) is 6.14. The van der Waals surface area contributed by atoms with Crippen LogP contribution in [0.4, 0.5) is 34.6 Å². The number of azo groups is 1. The van der Waals surface area contributed by atoms with Crippen molar-refractivity contribution in [1.29, 1.82) is 0 Å². The predicted octanol–water partition coefficient (Wildman–Crippen LogP) is 7.48. The Balaban J connectivity index is 1.53. The number of amidine groups is 1. The van der Waals surface area contributed by atoms with Gasteiger partial charge in [-0.05, 0) is 66.9 Å². The number of aromatic hydroxyl groups is 1. The molecule has 1 aromatic heterocycles. The van der Waals surface area contributed by atoms with Crippen molar-refractivity contribution in [1.82, 2.24) is 15.0 Å². The summed E-state index contributed by atoms with van der Waals surface area (Å²) in [7, 11) is -4.79. The first-order valence-corrected chi connectivity index (χ1v) is 16.8. The molecule has 0 spiro atoms. The molecule has 0 bridgehead atoms. The van der Waals surface area contributed by atoms with Gasteiger partial charge in [0.25, 0.3) is 10.1 Å². The lowest BCUT2D eigenvalue weighted by Gasteiger charge is -2.22. The summed E-state index contributed by atoms with van der Waals surface area (Å²) in [5.74, 6) is -0.457. The lowest BCUT2D eigenvalue weighted by molar-refractivity contribution is 0.112. The Kier molecular flexibility index (Phi) is 11.2. The van der Waals surface area contributed by atoms with Crippen molar-refractivity contribution in [3.8, 4) is 5.75 Å². The highest BCUT2D eigenvalue weighted by Gasteiger charge is 2.20. The highest BCUT2D eigenvalue weighted by molar-refractivity contribution is 7.85. The SMILES string of the molecule is C=CCc1cccc(N(CC)c2nc(Cl)nc(Nc3cc(S(=O)(=O)O)cc(NN=C(N=Nc4ccccc4C=O)c4ccccc4)c3O)n2)c1. The van der Waals surface area contributed by atoms with Crippen molar-refractivity contribution in [3.63, 3.8) is 0 Å². The second-order valence-electron chi connectivity index (χ2n) is 10.4. The number of nitrogens with zero attached hydrogens (tertiary/aromatic N) is 7. The number of aromatic nitrogens is 3. The maximum Gasteiger partial charge on any atom is 0.294 e. The third kappa shape index (κ3) is 8.70. The van der Waals surface area contributed by atoms with Crippen LogP contribution in [0.25, 0.3) is 0 Å². The molecule has 0 atom stereocenters. The summed E-state index contributed by atoms with van der Waals surface area (Å²) in [6, 6.07) is 24.9. The maximum absolute atomic E-state index is 12.3. The van der Waals surface area contributed by atoms with Crippen LogP contribution in [0.3, 0.4) is 0 Å². The fourth-order valence-corrected chi connectivity index (χ4v) is 5.35. The van der Waals surface area contributed by atoms with Crippen molar-refractivity contribution in [3.05, 3.63) is 126 Å². The topological polar surface area (TPSA) is 195 Å². The smallest absolute Gasteiger partial charge is 0.294 e. The molecule has 0 radical (unpaired) electrons. The van der Waals surface area contributed by atoms with Gasteiger partial charge in [-0.25, -0.2) is 0 Å². The molecule has 0 amide bonds. The Labute approximate surface area is 292 Å². The summed E-state index contributed by atoms with van der Waals surface area (Å²) >= 11 is 6.29. The molecular weight excluding hydrogens is 682 g/mol. The van der Waals surface area contributed by atoms with Gasteiger partial charge < -0.3 is 15.3 Å². The van der Waals surface area contributed by atoms with E-state index in [1.807, 2.05) is 31.2 Å². The van der Waals surface area contributed by atoms with Gasteiger partial charge in [0.05, 0.1) is 16.3 Å². The number of hydrazone groups is 1. The highest BCUT2D eigenvalue weighted by Crippen LogP contribution is 2.37. The monoisotopic (exact) mass is 711 g/mol. The van der Waals surface area contributed by atoms with Crippen LogP contribution >= 0.6 is 11.6 Å². The van der Waals surface area contributed by atoms with Gasteiger partial charge in [0, 0.05) is 23.4 Å². The van der Waals surface area contributed by atoms with E-state index in [2.05, 4.69) is 47.6 Å². The number of nitrogens with one attached hydrogen (secondary N) is 2. The van der Waals surface area contributed by atoms with Crippen molar-refractivity contribution >= 4 is 68.5 Å². The quantitative estimate of drug-likeness (QED) is 0.0138. The maximum atomic E-state index is 12.3. The number of hydrogen-bond donors (Lipinski definition) is 4. The van der Waals surface area contributed by atoms with E-state index in [9.17, 15) is 22.9 Å². The van der Waals surface area contributed by atoms with E-state index in [4.69, 9.17) is 11.6 Å². The molecule has 0 unspecified atom stereocenters. The molecule has 0 fully saturated rings. The summed E-state index contributed by atoms with van der Waals surface area (Å²) in [5.41, 5.74) is 5.04. The number of benzene rings is 4. The summed E-state index contributed by atoms with van der Waals surface area (Å²) < 4.78 is 34.5. The molecule has 14 nitrogen and oxygen atoms in total. The fourth-order valence-electron chi connectivity index (χ4n) is 4.66. The number of carbonyl (C=O) groups is 1. The molecule has 4 N–H and O–H groups in total. The Hall–Kier alpha value is -6.03. The van der Waals surface area contributed by atoms with Crippen molar-refractivity contribution in [2.24, 2.45) is 15.3 Å². The van der Waals surface area contributed by atoms with Crippen LogP contribution in [0.2, 0.25) is 5.28 Å². The standard InChI is InChI=1S/C34H30ClN9O5S/c1-3-11-22-12-10-16-25(18-22)44(4-2)34-38-32(35)37-33(39-34)36-28-19-26(50(47,48)49)20-29(30(28)46)41-43-31(23-13-6-5-7-14-23)42-40-27-17-9-8-15-24(27)21-45/h3,5-10,12-21,41,46H,1,4,11H2,2H3,(H,47,48,49)(H,36,37,38,39). The van der Waals surface area contributed by atoms with E-state index in [1.165, 1.54) is 0 Å². The van der Waals surface area contributed by atoms with E-state index < -0.39 is 20.8 Å². The Morgan fingerprint density at radius 1 is 0.980 bits per heavy atom. The number of carbonyl (C=O) groups excluding carboxylic acids is 1. The lowest BCUT2D eigenvalue weighted by Crippen LogP contribution is -2.20. The van der Waals surface area contributed by atoms with Crippen LogP contribution in [-0.4, -0.2) is 51.7 Å². The third-order valence-corrected chi connectivity index (χ3v) is 8.01. The number of rotatable bonds is 13. The minimum absolute atomic E-state index is 0.0168. The minimum Gasteiger partial charge on any atom is -0.504 e. The van der Waals surface area contributed by atoms with Crippen molar-refractivity contribution < 1.29 is 22.9 Å². The molecule has 0 aliphatic rings. The van der Waals surface area contributed by atoms with Crippen LogP contribution in [0.5, 0.6) is 5.75 Å². The van der Waals surface area contributed by atoms with Crippen LogP contribution in [0.15, 0.2) is 124 Å². The molecule has 0 aliphatic carbocycles. The summed E-state index contributed by atoms with van der Waals surface area (Å²) in [4.78, 5) is 25.5. The molecule has 254 valence electrons. The number of phenolic OH excluding ortho intramolecular Hbond substituents is 1. The number of aldehydes is 1. The largest absolute Gasteiger partial charge is 0.504 e.